The maximum atomic E-state index is 12.7. The van der Waals surface area contributed by atoms with Gasteiger partial charge in [0.25, 0.3) is 0 Å². The van der Waals surface area contributed by atoms with E-state index in [0.717, 1.165) is 0 Å². The summed E-state index contributed by atoms with van der Waals surface area (Å²) in [5.74, 6) is -0.106. The average Bonchev–Trinajstić information content (AvgIpc) is 2.89. The van der Waals surface area contributed by atoms with E-state index in [1.807, 2.05) is 13.8 Å². The Morgan fingerprint density at radius 1 is 1.42 bits per heavy atom. The number of carbonyl (C=O) groups is 2. The highest BCUT2D eigenvalue weighted by Crippen LogP contribution is 2.22. The maximum absolute atomic E-state index is 12.7. The van der Waals surface area contributed by atoms with Crippen molar-refractivity contribution < 1.29 is 14.1 Å². The van der Waals surface area contributed by atoms with E-state index in [2.05, 4.69) is 10.5 Å². The summed E-state index contributed by atoms with van der Waals surface area (Å²) in [6, 6.07) is 1.73. The molecule has 0 spiro atoms. The first-order chi connectivity index (χ1) is 9.11. The van der Waals surface area contributed by atoms with Gasteiger partial charge in [0.05, 0.1) is 6.54 Å². The normalized spacial score (nSPS) is 19.2. The topological polar surface area (TPSA) is 75.4 Å². The average molecular weight is 265 g/mol. The summed E-state index contributed by atoms with van der Waals surface area (Å²) >= 11 is 0. The number of carbonyl (C=O) groups excluding carboxylic acids is 2. The zero-order valence-corrected chi connectivity index (χ0v) is 11.3. The van der Waals surface area contributed by atoms with E-state index >= 15 is 0 Å². The van der Waals surface area contributed by atoms with E-state index in [9.17, 15) is 9.59 Å². The van der Waals surface area contributed by atoms with E-state index in [1.165, 1.54) is 6.26 Å². The quantitative estimate of drug-likeness (QED) is 0.884. The summed E-state index contributed by atoms with van der Waals surface area (Å²) in [6.45, 7) is 4.63. The van der Waals surface area contributed by atoms with Crippen molar-refractivity contribution in [1.82, 2.24) is 15.4 Å². The van der Waals surface area contributed by atoms with Crippen LogP contribution in [0.5, 0.6) is 0 Å². The number of amides is 2. The Morgan fingerprint density at radius 2 is 2.16 bits per heavy atom. The van der Waals surface area contributed by atoms with Gasteiger partial charge in [-0.1, -0.05) is 19.0 Å². The molecule has 6 nitrogen and oxygen atoms in total. The van der Waals surface area contributed by atoms with Crippen molar-refractivity contribution in [2.45, 2.75) is 45.2 Å². The number of hydrogen-bond donors (Lipinski definition) is 1. The number of aromatic nitrogens is 1. The third kappa shape index (κ3) is 2.62. The first-order valence-electron chi connectivity index (χ1n) is 6.61. The van der Waals surface area contributed by atoms with Crippen LogP contribution in [0.2, 0.25) is 0 Å². The summed E-state index contributed by atoms with van der Waals surface area (Å²) in [5, 5.41) is 6.70. The Hall–Kier alpha value is -1.85. The van der Waals surface area contributed by atoms with Crippen LogP contribution in [-0.2, 0) is 16.1 Å². The lowest BCUT2D eigenvalue weighted by Crippen LogP contribution is -2.56. The molecule has 0 saturated carbocycles. The molecule has 19 heavy (non-hydrogen) atoms. The highest BCUT2D eigenvalue weighted by atomic mass is 16.5. The van der Waals surface area contributed by atoms with Crippen LogP contribution in [0.25, 0.3) is 0 Å². The van der Waals surface area contributed by atoms with Crippen LogP contribution in [0.3, 0.4) is 0 Å². The van der Waals surface area contributed by atoms with Gasteiger partial charge in [-0.15, -0.1) is 0 Å². The van der Waals surface area contributed by atoms with Gasteiger partial charge in [-0.05, 0) is 12.8 Å². The van der Waals surface area contributed by atoms with Gasteiger partial charge in [0.15, 0.2) is 0 Å². The molecule has 0 atom stereocenters. The molecule has 0 aliphatic carbocycles. The monoisotopic (exact) mass is 265 g/mol. The molecule has 1 N–H and O–H groups in total. The second-order valence-electron chi connectivity index (χ2n) is 4.80. The molecule has 1 aliphatic rings. The van der Waals surface area contributed by atoms with E-state index in [0.29, 0.717) is 38.0 Å². The minimum absolute atomic E-state index is 0.0358. The molecule has 0 radical (unpaired) electrons. The zero-order valence-electron chi connectivity index (χ0n) is 11.3. The van der Waals surface area contributed by atoms with Gasteiger partial charge in [0, 0.05) is 19.0 Å². The number of nitrogens with one attached hydrogen (secondary N) is 1. The molecule has 0 unspecified atom stereocenters. The van der Waals surface area contributed by atoms with Gasteiger partial charge < -0.3 is 14.7 Å². The summed E-state index contributed by atoms with van der Waals surface area (Å²) < 4.78 is 4.78. The second kappa shape index (κ2) is 5.42. The molecule has 2 amide bonds. The number of nitrogens with zero attached hydrogens (tertiary/aromatic N) is 2. The van der Waals surface area contributed by atoms with Gasteiger partial charge in [0.2, 0.25) is 11.8 Å². The van der Waals surface area contributed by atoms with Crippen molar-refractivity contribution in [3.63, 3.8) is 0 Å². The van der Waals surface area contributed by atoms with E-state index in [4.69, 9.17) is 4.52 Å². The van der Waals surface area contributed by atoms with Gasteiger partial charge in [-0.3, -0.25) is 9.59 Å². The SMILES string of the molecule is CCC1(CC)NC(=O)CCN(Cc2ccon2)C1=O. The van der Waals surface area contributed by atoms with Crippen molar-refractivity contribution >= 4 is 11.8 Å². The molecule has 0 aromatic carbocycles. The molecule has 1 aromatic heterocycles. The molecule has 1 aromatic rings. The molecule has 1 aliphatic heterocycles. The summed E-state index contributed by atoms with van der Waals surface area (Å²) in [7, 11) is 0. The predicted octanol–water partition coefficient (Wildman–Crippen LogP) is 1.08. The number of hydrogen-bond acceptors (Lipinski definition) is 4. The largest absolute Gasteiger partial charge is 0.364 e. The van der Waals surface area contributed by atoms with Gasteiger partial charge in [-0.2, -0.15) is 0 Å². The van der Waals surface area contributed by atoms with E-state index in [-0.39, 0.29) is 11.8 Å². The second-order valence-corrected chi connectivity index (χ2v) is 4.80. The molecule has 6 heteroatoms. The fourth-order valence-corrected chi connectivity index (χ4v) is 2.42. The Labute approximate surface area is 112 Å². The molecule has 2 heterocycles. The Bertz CT molecular complexity index is 452. The third-order valence-corrected chi connectivity index (χ3v) is 3.74. The zero-order chi connectivity index (χ0) is 13.9. The highest BCUT2D eigenvalue weighted by Gasteiger charge is 2.41. The summed E-state index contributed by atoms with van der Waals surface area (Å²) in [5.41, 5.74) is -0.0825. The summed E-state index contributed by atoms with van der Waals surface area (Å²) in [4.78, 5) is 26.1. The van der Waals surface area contributed by atoms with Gasteiger partial charge >= 0.3 is 0 Å². The first kappa shape index (κ1) is 13.6. The molecule has 1 saturated heterocycles. The maximum Gasteiger partial charge on any atom is 0.248 e. The Morgan fingerprint density at radius 3 is 2.74 bits per heavy atom. The third-order valence-electron chi connectivity index (χ3n) is 3.74. The molecule has 104 valence electrons. The lowest BCUT2D eigenvalue weighted by Gasteiger charge is -2.33. The van der Waals surface area contributed by atoms with Gasteiger partial charge in [0.1, 0.15) is 17.5 Å². The van der Waals surface area contributed by atoms with Crippen molar-refractivity contribution in [3.05, 3.63) is 18.0 Å². The first-order valence-corrected chi connectivity index (χ1v) is 6.61. The van der Waals surface area contributed by atoms with Crippen LogP contribution in [0.15, 0.2) is 16.9 Å². The number of rotatable bonds is 4. The van der Waals surface area contributed by atoms with Crippen molar-refractivity contribution in [2.24, 2.45) is 0 Å². The molecular formula is C13H19N3O3. The van der Waals surface area contributed by atoms with E-state index in [1.54, 1.807) is 11.0 Å². The fourth-order valence-electron chi connectivity index (χ4n) is 2.42. The molecule has 1 fully saturated rings. The van der Waals surface area contributed by atoms with Crippen LogP contribution in [-0.4, -0.2) is 34.0 Å². The van der Waals surface area contributed by atoms with Crippen LogP contribution >= 0.6 is 0 Å². The van der Waals surface area contributed by atoms with Crippen molar-refractivity contribution in [2.75, 3.05) is 6.54 Å². The fraction of sp³-hybridized carbons (Fsp3) is 0.615. The van der Waals surface area contributed by atoms with Crippen LogP contribution in [0, 0.1) is 0 Å². The van der Waals surface area contributed by atoms with E-state index < -0.39 is 5.54 Å². The standard InChI is InChI=1S/C13H19N3O3/c1-3-13(4-2)12(18)16(7-5-11(17)14-13)9-10-6-8-19-15-10/h6,8H,3-5,7,9H2,1-2H3,(H,14,17). The van der Waals surface area contributed by atoms with Crippen LogP contribution in [0.4, 0.5) is 0 Å². The molecule has 2 rings (SSSR count). The minimum atomic E-state index is -0.780. The van der Waals surface area contributed by atoms with Crippen LogP contribution in [0.1, 0.15) is 38.8 Å². The minimum Gasteiger partial charge on any atom is -0.364 e. The van der Waals surface area contributed by atoms with Crippen LogP contribution < -0.4 is 5.32 Å². The molecular weight excluding hydrogens is 246 g/mol. The molecule has 0 bridgehead atoms. The Kier molecular flexibility index (Phi) is 3.87. The lowest BCUT2D eigenvalue weighted by atomic mass is 9.91. The lowest BCUT2D eigenvalue weighted by molar-refractivity contribution is -0.139. The predicted molar refractivity (Wildman–Crippen MR) is 68.0 cm³/mol. The Balaban J connectivity index is 2.23. The van der Waals surface area contributed by atoms with Gasteiger partial charge in [-0.25, -0.2) is 0 Å². The summed E-state index contributed by atoms with van der Waals surface area (Å²) in [6.07, 6.45) is 2.98. The smallest absolute Gasteiger partial charge is 0.248 e. The highest BCUT2D eigenvalue weighted by molar-refractivity contribution is 5.93. The van der Waals surface area contributed by atoms with Crippen molar-refractivity contribution in [1.29, 1.82) is 0 Å². The van der Waals surface area contributed by atoms with Crippen molar-refractivity contribution in [3.8, 4) is 0 Å².